The van der Waals surface area contributed by atoms with E-state index in [1.54, 1.807) is 6.21 Å². The van der Waals surface area contributed by atoms with Crippen LogP contribution in [0.25, 0.3) is 0 Å². The van der Waals surface area contributed by atoms with Crippen molar-refractivity contribution in [2.75, 3.05) is 0 Å². The molecule has 0 aliphatic heterocycles. The number of nitrogens with two attached hydrogens (primary N) is 1. The fraction of sp³-hybridized carbons (Fsp3) is 0.792. The predicted molar refractivity (Wildman–Crippen MR) is 127 cm³/mol. The van der Waals surface area contributed by atoms with Crippen LogP contribution in [0, 0.1) is 39.9 Å². The number of carbonyl (C=O) groups excluding carboxylic acids is 1. The van der Waals surface area contributed by atoms with Gasteiger partial charge in [-0.1, -0.05) is 27.2 Å². The summed E-state index contributed by atoms with van der Waals surface area (Å²) in [4.78, 5) is 31.6. The number of carboxylic acid groups (broad SMARTS) is 2. The second-order valence-electron chi connectivity index (χ2n) is 10.7. The molecular weight excluding hydrogens is 440 g/mol. The molecule has 1 unspecified atom stereocenters. The highest BCUT2D eigenvalue weighted by Crippen LogP contribution is 2.61. The van der Waals surface area contributed by atoms with Crippen molar-refractivity contribution in [2.45, 2.75) is 84.7 Å². The third kappa shape index (κ3) is 6.14. The van der Waals surface area contributed by atoms with E-state index in [1.807, 2.05) is 0 Å². The molecule has 0 aromatic carbocycles. The molecule has 0 bridgehead atoms. The molecule has 3 fully saturated rings. The van der Waals surface area contributed by atoms with Crippen molar-refractivity contribution in [3.63, 3.8) is 0 Å². The summed E-state index contributed by atoms with van der Waals surface area (Å²) in [6.07, 6.45) is 10.2. The molecule has 7 N–H and O–H groups in total. The number of hydrogen-bond acceptors (Lipinski definition) is 6. The first-order valence-corrected chi connectivity index (χ1v) is 12.2. The van der Waals surface area contributed by atoms with Gasteiger partial charge in [-0.3, -0.25) is 10.2 Å². The number of carbonyl (C=O) groups is 3. The van der Waals surface area contributed by atoms with E-state index < -0.39 is 11.9 Å². The first-order chi connectivity index (χ1) is 15.9. The van der Waals surface area contributed by atoms with E-state index in [1.165, 1.54) is 0 Å². The van der Waals surface area contributed by atoms with Crippen LogP contribution in [0.3, 0.4) is 0 Å². The van der Waals surface area contributed by atoms with E-state index in [9.17, 15) is 9.90 Å². The quantitative estimate of drug-likeness (QED) is 0.150. The van der Waals surface area contributed by atoms with Gasteiger partial charge in [-0.2, -0.15) is 5.10 Å². The minimum atomic E-state index is -1.82. The van der Waals surface area contributed by atoms with Crippen LogP contribution in [0.1, 0.15) is 78.6 Å². The normalized spacial score (nSPS) is 37.1. The Bertz CT molecular complexity index is 805. The monoisotopic (exact) mass is 480 g/mol. The number of guanidine groups is 1. The number of rotatable bonds is 5. The van der Waals surface area contributed by atoms with Crippen LogP contribution in [0.5, 0.6) is 0 Å². The lowest BCUT2D eigenvalue weighted by atomic mass is 9.45. The Labute approximate surface area is 200 Å². The van der Waals surface area contributed by atoms with Gasteiger partial charge in [0, 0.05) is 17.5 Å². The third-order valence-electron chi connectivity index (χ3n) is 8.47. The van der Waals surface area contributed by atoms with Crippen molar-refractivity contribution in [2.24, 2.45) is 45.3 Å². The Kier molecular flexibility index (Phi) is 9.22. The van der Waals surface area contributed by atoms with Crippen LogP contribution in [0.4, 0.5) is 0 Å². The lowest BCUT2D eigenvalue weighted by Gasteiger charge is -2.59. The average molecular weight is 481 g/mol. The number of nitrogens with one attached hydrogen (secondary N) is 2. The average Bonchev–Trinajstić information content (AvgIpc) is 2.75. The summed E-state index contributed by atoms with van der Waals surface area (Å²) in [7, 11) is 0. The highest BCUT2D eigenvalue weighted by molar-refractivity contribution is 6.27. The minimum absolute atomic E-state index is 0.123. The summed E-state index contributed by atoms with van der Waals surface area (Å²) in [5.41, 5.74) is 7.69. The van der Waals surface area contributed by atoms with Crippen molar-refractivity contribution >= 4 is 29.9 Å². The molecule has 0 heterocycles. The molecule has 7 atom stereocenters. The van der Waals surface area contributed by atoms with Gasteiger partial charge in [0.1, 0.15) is 5.78 Å². The molecule has 0 radical (unpaired) electrons. The zero-order valence-electron chi connectivity index (χ0n) is 20.4. The van der Waals surface area contributed by atoms with Gasteiger partial charge in [0.2, 0.25) is 5.96 Å². The minimum Gasteiger partial charge on any atom is -0.473 e. The molecule has 10 nitrogen and oxygen atoms in total. The number of carboxylic acids is 2. The fourth-order valence-corrected chi connectivity index (χ4v) is 6.80. The van der Waals surface area contributed by atoms with Crippen molar-refractivity contribution < 1.29 is 29.7 Å². The van der Waals surface area contributed by atoms with Gasteiger partial charge in [-0.15, -0.1) is 0 Å². The van der Waals surface area contributed by atoms with Crippen LogP contribution < -0.4 is 11.2 Å². The van der Waals surface area contributed by atoms with Gasteiger partial charge in [-0.25, -0.2) is 15.0 Å². The van der Waals surface area contributed by atoms with Crippen molar-refractivity contribution in [1.29, 1.82) is 5.41 Å². The van der Waals surface area contributed by atoms with E-state index in [0.29, 0.717) is 24.0 Å². The number of ketones is 1. The van der Waals surface area contributed by atoms with Gasteiger partial charge >= 0.3 is 11.9 Å². The molecular formula is C24H40N4O6. The van der Waals surface area contributed by atoms with Crippen molar-refractivity contribution in [1.82, 2.24) is 5.43 Å². The van der Waals surface area contributed by atoms with Crippen LogP contribution in [0.2, 0.25) is 0 Å². The zero-order chi connectivity index (χ0) is 25.7. The number of hydrazone groups is 1. The van der Waals surface area contributed by atoms with Crippen LogP contribution in [0.15, 0.2) is 5.10 Å². The Morgan fingerprint density at radius 2 is 1.88 bits per heavy atom. The summed E-state index contributed by atoms with van der Waals surface area (Å²) >= 11 is 0. The Morgan fingerprint density at radius 1 is 1.24 bits per heavy atom. The number of hydrogen-bond donors (Lipinski definition) is 6. The molecule has 0 amide bonds. The van der Waals surface area contributed by atoms with Gasteiger partial charge in [0.15, 0.2) is 0 Å². The Morgan fingerprint density at radius 3 is 2.44 bits per heavy atom. The number of aliphatic hydroxyl groups excluding tert-OH is 1. The molecule has 3 saturated carbocycles. The highest BCUT2D eigenvalue weighted by Gasteiger charge is 2.57. The standard InChI is InChI=1S/C22H38N4O2.C2H2O4/c1-4-9-21(2)10-7-17-16(19(21)28)6-5-15-12-18(27)14(13-22(15,17)3)8-11-25-26-20(23)24;3-1(4)2(5)6/h11,14-18,27H,4-10,12-13H2,1-3H3,(H4,23,24,26);(H,3,4)(H,5,6)/b25-11-;/t14?,15-,16-,17+,18-,21+,22+;/m1./s1. The topological polar surface area (TPSA) is 186 Å². The van der Waals surface area contributed by atoms with E-state index in [-0.39, 0.29) is 34.7 Å². The SMILES string of the molecule is CCC[C@@]1(C)CC[C@H]2[C@@H](CC[C@@H]3C[C@@H](O)C(C/C=N\NC(=N)N)C[C@@]32C)C1=O.O=C(O)C(=O)O. The molecule has 34 heavy (non-hydrogen) atoms. The second kappa shape index (κ2) is 11.3. The van der Waals surface area contributed by atoms with Crippen LogP contribution in [-0.2, 0) is 14.4 Å². The van der Waals surface area contributed by atoms with Gasteiger partial charge < -0.3 is 21.1 Å². The van der Waals surface area contributed by atoms with Gasteiger partial charge in [0.25, 0.3) is 0 Å². The smallest absolute Gasteiger partial charge is 0.414 e. The summed E-state index contributed by atoms with van der Waals surface area (Å²) in [5, 5.41) is 36.6. The van der Waals surface area contributed by atoms with Crippen molar-refractivity contribution in [3.8, 4) is 0 Å². The maximum atomic E-state index is 13.4. The zero-order valence-corrected chi connectivity index (χ0v) is 20.4. The largest absolute Gasteiger partial charge is 0.473 e. The summed E-state index contributed by atoms with van der Waals surface area (Å²) in [5.74, 6) is -2.00. The number of aliphatic hydroxyl groups is 1. The van der Waals surface area contributed by atoms with Crippen molar-refractivity contribution in [3.05, 3.63) is 0 Å². The molecule has 192 valence electrons. The lowest BCUT2D eigenvalue weighted by Crippen LogP contribution is -2.56. The summed E-state index contributed by atoms with van der Waals surface area (Å²) in [6.45, 7) is 6.75. The number of Topliss-reactive ketones (excluding diaryl/α,β-unsaturated/α-hetero) is 1. The van der Waals surface area contributed by atoms with E-state index in [4.69, 9.17) is 30.9 Å². The van der Waals surface area contributed by atoms with Gasteiger partial charge in [-0.05, 0) is 74.5 Å². The second-order valence-corrected chi connectivity index (χ2v) is 10.7. The van der Waals surface area contributed by atoms with Crippen LogP contribution in [-0.4, -0.2) is 51.3 Å². The lowest BCUT2D eigenvalue weighted by molar-refractivity contribution is -0.159. The maximum absolute atomic E-state index is 13.4. The summed E-state index contributed by atoms with van der Waals surface area (Å²) < 4.78 is 0. The van der Waals surface area contributed by atoms with Crippen LogP contribution >= 0.6 is 0 Å². The molecule has 0 aromatic heterocycles. The van der Waals surface area contributed by atoms with E-state index in [2.05, 4.69) is 31.3 Å². The third-order valence-corrected chi connectivity index (χ3v) is 8.47. The highest BCUT2D eigenvalue weighted by atomic mass is 16.4. The number of aliphatic carboxylic acids is 2. The first-order valence-electron chi connectivity index (χ1n) is 12.2. The molecule has 0 spiro atoms. The fourth-order valence-electron chi connectivity index (χ4n) is 6.80. The molecule has 0 aromatic rings. The first kappa shape index (κ1) is 27.8. The Balaban J connectivity index is 0.000000604. The molecule has 3 aliphatic carbocycles. The van der Waals surface area contributed by atoms with E-state index in [0.717, 1.165) is 51.4 Å². The molecule has 0 saturated heterocycles. The number of fused-ring (bicyclic) bond motifs is 3. The molecule has 10 heteroatoms. The summed E-state index contributed by atoms with van der Waals surface area (Å²) in [6, 6.07) is 0. The Hall–Kier alpha value is -2.49. The predicted octanol–water partition coefficient (Wildman–Crippen LogP) is 2.59. The number of nitrogens with zero attached hydrogens (tertiary/aromatic N) is 1. The molecule has 3 rings (SSSR count). The molecule has 3 aliphatic rings. The maximum Gasteiger partial charge on any atom is 0.414 e. The van der Waals surface area contributed by atoms with E-state index >= 15 is 0 Å². The van der Waals surface area contributed by atoms with Gasteiger partial charge in [0.05, 0.1) is 6.10 Å².